The van der Waals surface area contributed by atoms with E-state index in [9.17, 15) is 9.59 Å². The van der Waals surface area contributed by atoms with Crippen molar-refractivity contribution >= 4 is 38.2 Å². The van der Waals surface area contributed by atoms with E-state index in [1.807, 2.05) is 39.6 Å². The minimum atomic E-state index is -0.215. The predicted molar refractivity (Wildman–Crippen MR) is 124 cm³/mol. The zero-order chi connectivity index (χ0) is 21.8. The second kappa shape index (κ2) is 9.34. The highest BCUT2D eigenvalue weighted by atomic mass is 32.1. The van der Waals surface area contributed by atoms with Gasteiger partial charge in [-0.05, 0) is 18.9 Å². The Morgan fingerprint density at radius 1 is 1.23 bits per heavy atom. The van der Waals surface area contributed by atoms with Crippen molar-refractivity contribution in [3.63, 3.8) is 0 Å². The predicted octanol–water partition coefficient (Wildman–Crippen LogP) is 4.04. The van der Waals surface area contributed by atoms with Gasteiger partial charge in [-0.3, -0.25) is 9.59 Å². The van der Waals surface area contributed by atoms with Crippen molar-refractivity contribution in [3.8, 4) is 5.75 Å². The van der Waals surface area contributed by atoms with E-state index < -0.39 is 0 Å². The van der Waals surface area contributed by atoms with Crippen molar-refractivity contribution in [3.05, 3.63) is 58.2 Å². The van der Waals surface area contributed by atoms with E-state index in [2.05, 4.69) is 17.2 Å². The molecule has 1 aromatic carbocycles. The maximum Gasteiger partial charge on any atom is 0.265 e. The molecule has 0 radical (unpaired) electrons. The first-order valence-corrected chi connectivity index (χ1v) is 11.3. The summed E-state index contributed by atoms with van der Waals surface area (Å²) in [4.78, 5) is 30.8. The Hall–Kier alpha value is -3.13. The van der Waals surface area contributed by atoms with Gasteiger partial charge in [0.25, 0.3) is 11.5 Å². The highest BCUT2D eigenvalue weighted by Gasteiger charge is 2.24. The van der Waals surface area contributed by atoms with Gasteiger partial charge >= 0.3 is 0 Å². The van der Waals surface area contributed by atoms with Crippen LogP contribution in [0.1, 0.15) is 35.9 Å². The number of aromatic nitrogens is 3. The highest BCUT2D eigenvalue weighted by Crippen LogP contribution is 2.39. The molecule has 4 rings (SSSR count). The Labute approximate surface area is 184 Å². The van der Waals surface area contributed by atoms with Gasteiger partial charge in [0.2, 0.25) is 0 Å². The molecule has 0 aliphatic heterocycles. The summed E-state index contributed by atoms with van der Waals surface area (Å²) in [6, 6.07) is 7.86. The van der Waals surface area contributed by atoms with E-state index >= 15 is 0 Å². The number of carbonyl (C=O) groups excluding carboxylic acids is 1. The molecule has 0 bridgehead atoms. The number of amides is 1. The smallest absolute Gasteiger partial charge is 0.265 e. The number of nitrogens with zero attached hydrogens (tertiary/aromatic N) is 3. The van der Waals surface area contributed by atoms with E-state index in [1.54, 1.807) is 12.5 Å². The molecule has 1 N–H and O–H groups in total. The molecule has 7 nitrogen and oxygen atoms in total. The van der Waals surface area contributed by atoms with Crippen LogP contribution in [0.15, 0.2) is 47.8 Å². The number of fused-ring (bicyclic) bond motifs is 3. The van der Waals surface area contributed by atoms with Crippen LogP contribution in [0.2, 0.25) is 0 Å². The van der Waals surface area contributed by atoms with E-state index in [4.69, 9.17) is 4.74 Å². The van der Waals surface area contributed by atoms with E-state index in [0.717, 1.165) is 41.4 Å². The number of pyridine rings is 1. The standard InChI is InChI=1S/C23H26N4O3S/c1-3-4-13-27-17-9-6-5-8-16(17)20-18(23(27)29)19(30-2)21(31-20)22(28)25-10-7-12-26-14-11-24-15-26/h5-6,8-9,11,14-15H,3-4,7,10,12-13H2,1-2H3,(H,25,28). The van der Waals surface area contributed by atoms with Gasteiger partial charge in [0.15, 0.2) is 5.75 Å². The fourth-order valence-corrected chi connectivity index (χ4v) is 5.00. The average Bonchev–Trinajstić information content (AvgIpc) is 3.44. The fourth-order valence-electron chi connectivity index (χ4n) is 3.79. The molecular weight excluding hydrogens is 412 g/mol. The molecule has 0 saturated heterocycles. The van der Waals surface area contributed by atoms with Crippen LogP contribution >= 0.6 is 11.3 Å². The molecule has 1 amide bonds. The summed E-state index contributed by atoms with van der Waals surface area (Å²) < 4.78 is 10.2. The van der Waals surface area contributed by atoms with Crippen LogP contribution in [-0.2, 0) is 13.1 Å². The number of imidazole rings is 1. The molecule has 162 valence electrons. The number of hydrogen-bond donors (Lipinski definition) is 1. The minimum Gasteiger partial charge on any atom is -0.494 e. The summed E-state index contributed by atoms with van der Waals surface area (Å²) >= 11 is 1.32. The van der Waals surface area contributed by atoms with E-state index in [0.29, 0.717) is 29.1 Å². The first-order chi connectivity index (χ1) is 15.2. The molecule has 31 heavy (non-hydrogen) atoms. The number of thiophene rings is 1. The number of unbranched alkanes of at least 4 members (excludes halogenated alkanes) is 1. The SMILES string of the molecule is CCCCn1c(=O)c2c(OC)c(C(=O)NCCCn3ccnc3)sc2c2ccccc21. The number of carbonyl (C=O) groups is 1. The molecule has 4 aromatic rings. The van der Waals surface area contributed by atoms with Crippen molar-refractivity contribution < 1.29 is 9.53 Å². The second-order valence-corrected chi connectivity index (χ2v) is 8.43. The summed E-state index contributed by atoms with van der Waals surface area (Å²) in [5.74, 6) is 0.153. The zero-order valence-corrected chi connectivity index (χ0v) is 18.6. The van der Waals surface area contributed by atoms with Crippen LogP contribution in [0.25, 0.3) is 21.0 Å². The Morgan fingerprint density at radius 3 is 2.81 bits per heavy atom. The lowest BCUT2D eigenvalue weighted by molar-refractivity contribution is 0.0954. The molecule has 0 aliphatic rings. The Morgan fingerprint density at radius 2 is 2.06 bits per heavy atom. The summed E-state index contributed by atoms with van der Waals surface area (Å²) in [6.07, 6.45) is 8.07. The number of methoxy groups -OCH3 is 1. The molecule has 0 aliphatic carbocycles. The third-order valence-electron chi connectivity index (χ3n) is 5.35. The summed E-state index contributed by atoms with van der Waals surface area (Å²) in [6.45, 7) is 4.04. The van der Waals surface area contributed by atoms with Crippen LogP contribution in [0.4, 0.5) is 0 Å². The van der Waals surface area contributed by atoms with Gasteiger partial charge in [-0.1, -0.05) is 31.5 Å². The first-order valence-electron chi connectivity index (χ1n) is 10.5. The van der Waals surface area contributed by atoms with Crippen molar-refractivity contribution in [2.45, 2.75) is 39.3 Å². The van der Waals surface area contributed by atoms with Crippen molar-refractivity contribution in [1.29, 1.82) is 0 Å². The third kappa shape index (κ3) is 4.07. The van der Waals surface area contributed by atoms with Gasteiger partial charge in [-0.2, -0.15) is 0 Å². The quantitative estimate of drug-likeness (QED) is 0.400. The van der Waals surface area contributed by atoms with E-state index in [-0.39, 0.29) is 11.5 Å². The number of para-hydroxylation sites is 1. The Bertz CT molecular complexity index is 1260. The monoisotopic (exact) mass is 438 g/mol. The Balaban J connectivity index is 1.69. The summed E-state index contributed by atoms with van der Waals surface area (Å²) in [7, 11) is 1.52. The number of hydrogen-bond acceptors (Lipinski definition) is 5. The molecule has 3 heterocycles. The van der Waals surface area contributed by atoms with Gasteiger partial charge in [0.1, 0.15) is 10.3 Å². The van der Waals surface area contributed by atoms with Crippen LogP contribution in [0, 0.1) is 0 Å². The third-order valence-corrected chi connectivity index (χ3v) is 6.55. The van der Waals surface area contributed by atoms with Gasteiger partial charge in [-0.25, -0.2) is 4.98 Å². The topological polar surface area (TPSA) is 78.1 Å². The zero-order valence-electron chi connectivity index (χ0n) is 17.8. The number of nitrogens with one attached hydrogen (secondary N) is 1. The molecule has 8 heteroatoms. The maximum atomic E-state index is 13.4. The van der Waals surface area contributed by atoms with Gasteiger partial charge in [-0.15, -0.1) is 11.3 Å². The summed E-state index contributed by atoms with van der Waals surface area (Å²) in [5.41, 5.74) is 0.791. The van der Waals surface area contributed by atoms with Crippen molar-refractivity contribution in [1.82, 2.24) is 19.4 Å². The lowest BCUT2D eigenvalue weighted by atomic mass is 10.1. The number of aryl methyl sites for hydroxylation is 2. The molecule has 0 spiro atoms. The average molecular weight is 439 g/mol. The van der Waals surface area contributed by atoms with Crippen molar-refractivity contribution in [2.24, 2.45) is 0 Å². The first kappa shape index (κ1) is 21.1. The largest absolute Gasteiger partial charge is 0.494 e. The minimum absolute atomic E-state index is 0.102. The molecule has 0 saturated carbocycles. The van der Waals surface area contributed by atoms with Crippen LogP contribution in [0.5, 0.6) is 5.75 Å². The lowest BCUT2D eigenvalue weighted by Gasteiger charge is -2.11. The highest BCUT2D eigenvalue weighted by molar-refractivity contribution is 7.22. The van der Waals surface area contributed by atoms with Gasteiger partial charge < -0.3 is 19.2 Å². The summed E-state index contributed by atoms with van der Waals surface area (Å²) in [5, 5.41) is 4.42. The van der Waals surface area contributed by atoms with Crippen LogP contribution in [0.3, 0.4) is 0 Å². The molecule has 0 unspecified atom stereocenters. The lowest BCUT2D eigenvalue weighted by Crippen LogP contribution is -2.25. The van der Waals surface area contributed by atoms with E-state index in [1.165, 1.54) is 18.4 Å². The fraction of sp³-hybridized carbons (Fsp3) is 0.348. The second-order valence-electron chi connectivity index (χ2n) is 7.41. The molecule has 0 atom stereocenters. The Kier molecular flexibility index (Phi) is 6.36. The normalized spacial score (nSPS) is 11.3. The number of benzene rings is 1. The van der Waals surface area contributed by atoms with Gasteiger partial charge in [0, 0.05) is 37.4 Å². The van der Waals surface area contributed by atoms with Crippen LogP contribution in [-0.4, -0.2) is 33.7 Å². The number of ether oxygens (including phenoxy) is 1. The molecule has 0 fully saturated rings. The maximum absolute atomic E-state index is 13.4. The van der Waals surface area contributed by atoms with Gasteiger partial charge in [0.05, 0.1) is 23.7 Å². The van der Waals surface area contributed by atoms with Crippen LogP contribution < -0.4 is 15.6 Å². The number of rotatable bonds is 9. The molecule has 3 aromatic heterocycles. The van der Waals surface area contributed by atoms with Crippen molar-refractivity contribution in [2.75, 3.05) is 13.7 Å². The molecular formula is C23H26N4O3S.